The first-order valence-electron chi connectivity index (χ1n) is 9.59. The maximum atomic E-state index is 12.5. The fourth-order valence-corrected chi connectivity index (χ4v) is 3.39. The van der Waals surface area contributed by atoms with E-state index in [0.29, 0.717) is 30.1 Å². The average molecular weight is 408 g/mol. The first-order chi connectivity index (χ1) is 14.5. The molecule has 1 aromatic carbocycles. The molecule has 2 aromatic heterocycles. The Hall–Kier alpha value is -3.57. The monoisotopic (exact) mass is 408 g/mol. The Kier molecular flexibility index (Phi) is 6.54. The maximum Gasteiger partial charge on any atom is 0.340 e. The number of carbonyl (C=O) groups is 2. The third-order valence-corrected chi connectivity index (χ3v) is 5.07. The second-order valence-electron chi connectivity index (χ2n) is 6.92. The molecule has 2 heterocycles. The number of amides is 1. The number of hydrogen-bond acceptors (Lipinski definition) is 5. The van der Waals surface area contributed by atoms with Gasteiger partial charge in [0.15, 0.2) is 6.61 Å². The lowest BCUT2D eigenvalue weighted by Gasteiger charge is -2.13. The van der Waals surface area contributed by atoms with Crippen LogP contribution in [0, 0.1) is 25.2 Å². The van der Waals surface area contributed by atoms with E-state index in [1.165, 1.54) is 0 Å². The lowest BCUT2D eigenvalue weighted by atomic mass is 10.2. The molecule has 0 saturated carbocycles. The Morgan fingerprint density at radius 3 is 2.77 bits per heavy atom. The van der Waals surface area contributed by atoms with Gasteiger partial charge in [-0.3, -0.25) is 4.79 Å². The van der Waals surface area contributed by atoms with Crippen molar-refractivity contribution in [2.24, 2.45) is 0 Å². The summed E-state index contributed by atoms with van der Waals surface area (Å²) in [5.74, 6) is -0.687. The van der Waals surface area contributed by atoms with E-state index in [2.05, 4.69) is 16.4 Å². The van der Waals surface area contributed by atoms with Crippen LogP contribution in [-0.2, 0) is 20.8 Å². The van der Waals surface area contributed by atoms with Gasteiger partial charge in [-0.15, -0.1) is 0 Å². The molecular weight excluding hydrogens is 384 g/mol. The van der Waals surface area contributed by atoms with E-state index in [1.54, 1.807) is 19.4 Å². The highest BCUT2D eigenvalue weighted by Crippen LogP contribution is 2.26. The third kappa shape index (κ3) is 4.21. The zero-order chi connectivity index (χ0) is 21.7. The van der Waals surface area contributed by atoms with Crippen LogP contribution in [0.25, 0.3) is 10.9 Å². The quantitative estimate of drug-likeness (QED) is 0.439. The van der Waals surface area contributed by atoms with Gasteiger partial charge in [-0.1, -0.05) is 18.2 Å². The van der Waals surface area contributed by atoms with Crippen molar-refractivity contribution in [3.05, 3.63) is 52.8 Å². The van der Waals surface area contributed by atoms with E-state index >= 15 is 0 Å². The highest BCUT2D eigenvalue weighted by atomic mass is 16.5. The Balaban J connectivity index is 1.70. The van der Waals surface area contributed by atoms with E-state index in [-0.39, 0.29) is 0 Å². The predicted molar refractivity (Wildman–Crippen MR) is 112 cm³/mol. The molecular formula is C22H24N4O4. The molecule has 8 heteroatoms. The van der Waals surface area contributed by atoms with Gasteiger partial charge in [0.05, 0.1) is 11.1 Å². The molecule has 0 atom stereocenters. The van der Waals surface area contributed by atoms with Crippen molar-refractivity contribution in [1.29, 1.82) is 5.26 Å². The Bertz CT molecular complexity index is 1120. The first-order valence-corrected chi connectivity index (χ1v) is 9.59. The SMILES string of the molecule is COCCCn1c(C)c(C)c(C#N)c1NC(=O)COC(=O)c1c[nH]c2ccccc12. The van der Waals surface area contributed by atoms with Crippen LogP contribution in [0.15, 0.2) is 30.5 Å². The van der Waals surface area contributed by atoms with E-state index in [1.807, 2.05) is 36.6 Å². The lowest BCUT2D eigenvalue weighted by molar-refractivity contribution is -0.119. The molecule has 0 aliphatic carbocycles. The normalized spacial score (nSPS) is 10.7. The molecule has 0 aliphatic rings. The fraction of sp³-hybridized carbons (Fsp3) is 0.318. The Labute approximate surface area is 174 Å². The number of benzene rings is 1. The molecule has 0 bridgehead atoms. The molecule has 0 fully saturated rings. The standard InChI is InChI=1S/C22H24N4O4/c1-14-15(2)26(9-6-10-29-3)21(17(14)11-23)25-20(27)13-30-22(28)18-12-24-19-8-5-4-7-16(18)19/h4-5,7-8,12,24H,6,9-10,13H2,1-3H3,(H,25,27). The van der Waals surface area contributed by atoms with Crippen molar-refractivity contribution in [3.8, 4) is 6.07 Å². The number of aromatic amines is 1. The summed E-state index contributed by atoms with van der Waals surface area (Å²) in [6.45, 7) is 4.44. The van der Waals surface area contributed by atoms with Crippen LogP contribution in [0.1, 0.15) is 33.6 Å². The van der Waals surface area contributed by atoms with Crippen LogP contribution in [0.5, 0.6) is 0 Å². The summed E-state index contributed by atoms with van der Waals surface area (Å²) in [5, 5.41) is 13.0. The van der Waals surface area contributed by atoms with Crippen LogP contribution in [0.4, 0.5) is 5.82 Å². The zero-order valence-electron chi connectivity index (χ0n) is 17.2. The van der Waals surface area contributed by atoms with Gasteiger partial charge in [-0.2, -0.15) is 5.26 Å². The van der Waals surface area contributed by atoms with Gasteiger partial charge in [-0.25, -0.2) is 4.79 Å². The highest BCUT2D eigenvalue weighted by Gasteiger charge is 2.20. The van der Waals surface area contributed by atoms with Gasteiger partial charge in [0, 0.05) is 43.1 Å². The van der Waals surface area contributed by atoms with Gasteiger partial charge < -0.3 is 24.3 Å². The van der Waals surface area contributed by atoms with Gasteiger partial charge in [-0.05, 0) is 31.9 Å². The number of fused-ring (bicyclic) bond motifs is 1. The van der Waals surface area contributed by atoms with Crippen molar-refractivity contribution in [2.45, 2.75) is 26.8 Å². The predicted octanol–water partition coefficient (Wildman–Crippen LogP) is 3.29. The molecule has 0 radical (unpaired) electrons. The number of hydrogen-bond donors (Lipinski definition) is 2. The number of anilines is 1. The average Bonchev–Trinajstić information content (AvgIpc) is 3.27. The van der Waals surface area contributed by atoms with Gasteiger partial charge in [0.2, 0.25) is 0 Å². The molecule has 156 valence electrons. The number of esters is 1. The van der Waals surface area contributed by atoms with Crippen LogP contribution in [-0.4, -0.2) is 41.8 Å². The molecule has 3 aromatic rings. The van der Waals surface area contributed by atoms with Crippen LogP contribution in [0.2, 0.25) is 0 Å². The molecule has 3 rings (SSSR count). The summed E-state index contributed by atoms with van der Waals surface area (Å²) >= 11 is 0. The minimum Gasteiger partial charge on any atom is -0.452 e. The topological polar surface area (TPSA) is 109 Å². The first kappa shape index (κ1) is 21.1. The highest BCUT2D eigenvalue weighted by molar-refractivity contribution is 6.05. The van der Waals surface area contributed by atoms with Crippen LogP contribution < -0.4 is 5.32 Å². The van der Waals surface area contributed by atoms with Gasteiger partial charge >= 0.3 is 5.97 Å². The van der Waals surface area contributed by atoms with Crippen molar-refractivity contribution in [3.63, 3.8) is 0 Å². The smallest absolute Gasteiger partial charge is 0.340 e. The van der Waals surface area contributed by atoms with Crippen molar-refractivity contribution >= 4 is 28.6 Å². The van der Waals surface area contributed by atoms with E-state index in [9.17, 15) is 14.9 Å². The number of rotatable bonds is 8. The van der Waals surface area contributed by atoms with Crippen LogP contribution in [0.3, 0.4) is 0 Å². The molecule has 2 N–H and O–H groups in total. The summed E-state index contributed by atoms with van der Waals surface area (Å²) in [7, 11) is 1.62. The Morgan fingerprint density at radius 1 is 1.27 bits per heavy atom. The molecule has 30 heavy (non-hydrogen) atoms. The fourth-order valence-electron chi connectivity index (χ4n) is 3.39. The molecule has 0 saturated heterocycles. The van der Waals surface area contributed by atoms with Crippen LogP contribution >= 0.6 is 0 Å². The summed E-state index contributed by atoms with van der Waals surface area (Å²) in [5.41, 5.74) is 3.29. The van der Waals surface area contributed by atoms with E-state index in [4.69, 9.17) is 9.47 Å². The van der Waals surface area contributed by atoms with E-state index in [0.717, 1.165) is 28.6 Å². The van der Waals surface area contributed by atoms with Gasteiger partial charge in [0.1, 0.15) is 11.9 Å². The number of aromatic nitrogens is 2. The second kappa shape index (κ2) is 9.29. The maximum absolute atomic E-state index is 12.5. The zero-order valence-corrected chi connectivity index (χ0v) is 17.2. The largest absolute Gasteiger partial charge is 0.452 e. The number of H-pyrrole nitrogens is 1. The molecule has 1 amide bonds. The molecule has 8 nitrogen and oxygen atoms in total. The number of nitrogens with one attached hydrogen (secondary N) is 2. The number of nitrogens with zero attached hydrogens (tertiary/aromatic N) is 2. The second-order valence-corrected chi connectivity index (χ2v) is 6.92. The lowest BCUT2D eigenvalue weighted by Crippen LogP contribution is -2.23. The molecule has 0 unspecified atom stereocenters. The minimum atomic E-state index is -0.592. The summed E-state index contributed by atoms with van der Waals surface area (Å²) in [6, 6.07) is 9.49. The van der Waals surface area contributed by atoms with Crippen molar-refractivity contribution < 1.29 is 19.1 Å². The number of ether oxygens (including phenoxy) is 2. The van der Waals surface area contributed by atoms with E-state index < -0.39 is 18.5 Å². The number of nitriles is 1. The summed E-state index contributed by atoms with van der Waals surface area (Å²) < 4.78 is 12.2. The van der Waals surface area contributed by atoms with Crippen molar-refractivity contribution in [2.75, 3.05) is 25.6 Å². The van der Waals surface area contributed by atoms with Crippen molar-refractivity contribution in [1.82, 2.24) is 9.55 Å². The molecule has 0 spiro atoms. The third-order valence-electron chi connectivity index (χ3n) is 5.07. The van der Waals surface area contributed by atoms with Gasteiger partial charge in [0.25, 0.3) is 5.91 Å². The Morgan fingerprint density at radius 2 is 2.03 bits per heavy atom. The number of methoxy groups -OCH3 is 1. The molecule has 0 aliphatic heterocycles. The minimum absolute atomic E-state index is 0.366. The summed E-state index contributed by atoms with van der Waals surface area (Å²) in [4.78, 5) is 27.9. The number of para-hydroxylation sites is 1. The summed E-state index contributed by atoms with van der Waals surface area (Å²) in [6.07, 6.45) is 2.29. The number of carbonyl (C=O) groups excluding carboxylic acids is 2.